The lowest BCUT2D eigenvalue weighted by Crippen LogP contribution is -2.38. The van der Waals surface area contributed by atoms with Crippen LogP contribution in [0.15, 0.2) is 71.9 Å². The molecule has 33 heavy (non-hydrogen) atoms. The lowest BCUT2D eigenvalue weighted by Gasteiger charge is -2.12. The third kappa shape index (κ3) is 7.52. The van der Waals surface area contributed by atoms with Gasteiger partial charge >= 0.3 is 0 Å². The quantitative estimate of drug-likeness (QED) is 0.231. The maximum atomic E-state index is 5.79. The molecule has 1 aliphatic rings. The molecule has 0 fully saturated rings. The van der Waals surface area contributed by atoms with Gasteiger partial charge in [-0.15, -0.1) is 24.0 Å². The molecule has 0 aliphatic carbocycles. The molecule has 0 unspecified atom stereocenters. The molecular formula is C25H29IN4O3. The molecule has 0 radical (unpaired) electrons. The number of hydrogen-bond acceptors (Lipinski definition) is 5. The number of ether oxygens (including phenoxy) is 3. The van der Waals surface area contributed by atoms with Crippen molar-refractivity contribution < 1.29 is 14.2 Å². The topological polar surface area (TPSA) is 77.0 Å². The molecule has 0 saturated carbocycles. The molecule has 0 atom stereocenters. The molecule has 2 N–H and O–H groups in total. The van der Waals surface area contributed by atoms with Crippen LogP contribution in [-0.2, 0) is 19.6 Å². The van der Waals surface area contributed by atoms with Crippen LogP contribution in [0, 0.1) is 0 Å². The Kier molecular flexibility index (Phi) is 9.61. The van der Waals surface area contributed by atoms with E-state index in [2.05, 4.69) is 28.6 Å². The first-order valence-electron chi connectivity index (χ1n) is 10.8. The Morgan fingerprint density at radius 3 is 2.61 bits per heavy atom. The number of rotatable bonds is 9. The van der Waals surface area contributed by atoms with Crippen LogP contribution in [0.25, 0.3) is 0 Å². The van der Waals surface area contributed by atoms with Gasteiger partial charge in [-0.1, -0.05) is 24.3 Å². The summed E-state index contributed by atoms with van der Waals surface area (Å²) in [6.45, 7) is 4.96. The molecule has 7 nitrogen and oxygen atoms in total. The number of guanidine groups is 1. The number of hydrogen-bond donors (Lipinski definition) is 2. The fraction of sp³-hybridized carbons (Fsp3) is 0.280. The van der Waals surface area contributed by atoms with Crippen molar-refractivity contribution in [1.82, 2.24) is 15.6 Å². The van der Waals surface area contributed by atoms with Gasteiger partial charge in [-0.2, -0.15) is 0 Å². The summed E-state index contributed by atoms with van der Waals surface area (Å²) in [5, 5.41) is 6.69. The summed E-state index contributed by atoms with van der Waals surface area (Å²) >= 11 is 0. The summed E-state index contributed by atoms with van der Waals surface area (Å²) in [4.78, 5) is 8.96. The first-order chi connectivity index (χ1) is 15.8. The van der Waals surface area contributed by atoms with E-state index in [-0.39, 0.29) is 24.0 Å². The lowest BCUT2D eigenvalue weighted by atomic mass is 10.1. The summed E-state index contributed by atoms with van der Waals surface area (Å²) in [7, 11) is 0. The fourth-order valence-corrected chi connectivity index (χ4v) is 3.27. The summed E-state index contributed by atoms with van der Waals surface area (Å²) in [5.74, 6) is 3.24. The van der Waals surface area contributed by atoms with Crippen LogP contribution in [-0.4, -0.2) is 30.8 Å². The van der Waals surface area contributed by atoms with Crippen LogP contribution < -0.4 is 24.8 Å². The number of aliphatic imine (C=N–C) groups is 1. The van der Waals surface area contributed by atoms with Gasteiger partial charge in [0.25, 0.3) is 0 Å². The van der Waals surface area contributed by atoms with E-state index < -0.39 is 0 Å². The Balaban J connectivity index is 0.00000306. The van der Waals surface area contributed by atoms with Gasteiger partial charge in [0.15, 0.2) is 17.5 Å². The number of halogens is 1. The summed E-state index contributed by atoms with van der Waals surface area (Å²) in [6, 6.07) is 19.9. The molecule has 174 valence electrons. The Hall–Kier alpha value is -3.01. The highest BCUT2D eigenvalue weighted by Gasteiger charge is 2.13. The second-order valence-electron chi connectivity index (χ2n) is 7.31. The normalized spacial score (nSPS) is 12.1. The number of benzene rings is 2. The van der Waals surface area contributed by atoms with E-state index in [4.69, 9.17) is 19.2 Å². The molecular weight excluding hydrogens is 531 g/mol. The Morgan fingerprint density at radius 1 is 1.00 bits per heavy atom. The van der Waals surface area contributed by atoms with Crippen LogP contribution in [0.1, 0.15) is 23.7 Å². The Bertz CT molecular complexity index is 1030. The highest BCUT2D eigenvalue weighted by Crippen LogP contribution is 2.32. The van der Waals surface area contributed by atoms with Gasteiger partial charge in [0.05, 0.1) is 12.2 Å². The summed E-state index contributed by atoms with van der Waals surface area (Å²) in [5.41, 5.74) is 3.21. The summed E-state index contributed by atoms with van der Waals surface area (Å²) < 4.78 is 16.6. The maximum absolute atomic E-state index is 5.79. The van der Waals surface area contributed by atoms with Gasteiger partial charge in [0, 0.05) is 19.3 Å². The van der Waals surface area contributed by atoms with Crippen LogP contribution in [0.5, 0.6) is 17.2 Å². The zero-order valence-corrected chi connectivity index (χ0v) is 21.0. The van der Waals surface area contributed by atoms with Crippen molar-refractivity contribution in [3.05, 3.63) is 83.7 Å². The molecule has 0 amide bonds. The van der Waals surface area contributed by atoms with E-state index in [1.165, 1.54) is 5.56 Å². The molecule has 4 rings (SSSR count). The second kappa shape index (κ2) is 12.9. The van der Waals surface area contributed by atoms with Crippen LogP contribution in [0.4, 0.5) is 0 Å². The largest absolute Gasteiger partial charge is 0.487 e. The van der Waals surface area contributed by atoms with E-state index in [1.807, 2.05) is 54.6 Å². The Morgan fingerprint density at radius 2 is 1.82 bits per heavy atom. The average Bonchev–Trinajstić information content (AvgIpc) is 3.30. The number of fused-ring (bicyclic) bond motifs is 1. The molecule has 2 heterocycles. The van der Waals surface area contributed by atoms with Crippen molar-refractivity contribution >= 4 is 29.9 Å². The maximum Gasteiger partial charge on any atom is 0.231 e. The molecule has 1 aliphatic heterocycles. The number of nitrogens with one attached hydrogen (secondary N) is 2. The third-order valence-corrected chi connectivity index (χ3v) is 4.94. The first kappa shape index (κ1) is 24.6. The highest BCUT2D eigenvalue weighted by atomic mass is 127. The van der Waals surface area contributed by atoms with Crippen molar-refractivity contribution in [3.63, 3.8) is 0 Å². The van der Waals surface area contributed by atoms with E-state index in [0.29, 0.717) is 19.9 Å². The number of aromatic nitrogens is 1. The van der Waals surface area contributed by atoms with Gasteiger partial charge in [0.1, 0.15) is 12.4 Å². The van der Waals surface area contributed by atoms with Gasteiger partial charge in [0.2, 0.25) is 6.79 Å². The summed E-state index contributed by atoms with van der Waals surface area (Å²) in [6.07, 6.45) is 2.63. The minimum Gasteiger partial charge on any atom is -0.487 e. The molecule has 1 aromatic heterocycles. The predicted molar refractivity (Wildman–Crippen MR) is 140 cm³/mol. The number of nitrogens with zero attached hydrogens (tertiary/aromatic N) is 2. The first-order valence-corrected chi connectivity index (χ1v) is 10.8. The van der Waals surface area contributed by atoms with Crippen molar-refractivity contribution in [3.8, 4) is 17.2 Å². The van der Waals surface area contributed by atoms with E-state index >= 15 is 0 Å². The van der Waals surface area contributed by atoms with Crippen molar-refractivity contribution in [2.45, 2.75) is 26.5 Å². The molecule has 2 aromatic carbocycles. The average molecular weight is 560 g/mol. The molecule has 0 saturated heterocycles. The van der Waals surface area contributed by atoms with E-state index in [9.17, 15) is 0 Å². The minimum atomic E-state index is 0. The van der Waals surface area contributed by atoms with E-state index in [0.717, 1.165) is 54.0 Å². The van der Waals surface area contributed by atoms with Gasteiger partial charge in [-0.3, -0.25) is 4.98 Å². The van der Waals surface area contributed by atoms with Crippen molar-refractivity contribution in [1.29, 1.82) is 0 Å². The lowest BCUT2D eigenvalue weighted by molar-refractivity contribution is 0.174. The van der Waals surface area contributed by atoms with Crippen LogP contribution in [0.2, 0.25) is 0 Å². The van der Waals surface area contributed by atoms with Gasteiger partial charge in [-0.25, -0.2) is 4.99 Å². The third-order valence-electron chi connectivity index (χ3n) is 4.94. The SMILES string of the molecule is CCNC(=NCc1ccc(OCc2ccccn2)cc1)NCCc1ccc2c(c1)OCO2.I. The zero-order valence-electron chi connectivity index (χ0n) is 18.6. The van der Waals surface area contributed by atoms with Crippen LogP contribution in [0.3, 0.4) is 0 Å². The molecule has 0 bridgehead atoms. The smallest absolute Gasteiger partial charge is 0.231 e. The van der Waals surface area contributed by atoms with E-state index in [1.54, 1.807) is 6.20 Å². The fourth-order valence-electron chi connectivity index (χ4n) is 3.27. The minimum absolute atomic E-state index is 0. The predicted octanol–water partition coefficient (Wildman–Crippen LogP) is 4.31. The van der Waals surface area contributed by atoms with Crippen molar-refractivity contribution in [2.75, 3.05) is 19.9 Å². The number of pyridine rings is 1. The van der Waals surface area contributed by atoms with Crippen LogP contribution >= 0.6 is 24.0 Å². The monoisotopic (exact) mass is 560 g/mol. The second-order valence-corrected chi connectivity index (χ2v) is 7.31. The van der Waals surface area contributed by atoms with Gasteiger partial charge in [-0.05, 0) is 60.9 Å². The molecule has 8 heteroatoms. The van der Waals surface area contributed by atoms with Gasteiger partial charge < -0.3 is 24.8 Å². The highest BCUT2D eigenvalue weighted by molar-refractivity contribution is 14.0. The standard InChI is InChI=1S/C25H28N4O3.HI/c1-2-26-25(28-14-12-19-8-11-23-24(15-19)32-18-31-23)29-16-20-6-9-22(10-7-20)30-17-21-5-3-4-13-27-21;/h3-11,13,15H,2,12,14,16-18H2,1H3,(H2,26,28,29);1H. The Labute approximate surface area is 211 Å². The molecule has 0 spiro atoms. The van der Waals surface area contributed by atoms with Crippen molar-refractivity contribution in [2.24, 2.45) is 4.99 Å². The molecule has 3 aromatic rings. The zero-order chi connectivity index (χ0) is 22.0.